The Hall–Kier alpha value is -1.67. The van der Waals surface area contributed by atoms with Crippen LogP contribution in [-0.4, -0.2) is 6.29 Å². The van der Waals surface area contributed by atoms with Crippen molar-refractivity contribution in [1.29, 1.82) is 0 Å². The van der Waals surface area contributed by atoms with Crippen LogP contribution in [0.3, 0.4) is 0 Å². The molecule has 2 unspecified atom stereocenters. The van der Waals surface area contributed by atoms with Crippen molar-refractivity contribution in [3.63, 3.8) is 0 Å². The lowest BCUT2D eigenvalue weighted by molar-refractivity contribution is 0.112. The topological polar surface area (TPSA) is 17.1 Å². The van der Waals surface area contributed by atoms with Crippen molar-refractivity contribution >= 4 is 17.9 Å². The van der Waals surface area contributed by atoms with Crippen LogP contribution in [0.4, 0.5) is 4.39 Å². The second-order valence-electron chi connectivity index (χ2n) is 4.87. The predicted molar refractivity (Wildman–Crippen MR) is 73.3 cm³/mol. The number of hydrogen-bond acceptors (Lipinski definition) is 1. The molecule has 1 nitrogen and oxygen atoms in total. The van der Waals surface area contributed by atoms with Gasteiger partial charge in [0.2, 0.25) is 0 Å². The molecule has 0 spiro atoms. The molecule has 2 atom stereocenters. The average molecular weight is 275 g/mol. The highest BCUT2D eigenvalue weighted by molar-refractivity contribution is 6.31. The van der Waals surface area contributed by atoms with Crippen molar-refractivity contribution < 1.29 is 9.18 Å². The minimum atomic E-state index is -0.232. The molecule has 1 fully saturated rings. The molecule has 2 aromatic carbocycles. The third-order valence-electron chi connectivity index (χ3n) is 3.66. The summed E-state index contributed by atoms with van der Waals surface area (Å²) in [6, 6.07) is 12.3. The zero-order valence-corrected chi connectivity index (χ0v) is 10.9. The van der Waals surface area contributed by atoms with E-state index in [-0.39, 0.29) is 11.7 Å². The average Bonchev–Trinajstić information content (AvgIpc) is 3.19. The first-order valence-corrected chi connectivity index (χ1v) is 6.57. The predicted octanol–water partition coefficient (Wildman–Crippen LogP) is 4.56. The van der Waals surface area contributed by atoms with Crippen molar-refractivity contribution in [2.24, 2.45) is 0 Å². The van der Waals surface area contributed by atoms with E-state index in [4.69, 9.17) is 11.6 Å². The Morgan fingerprint density at radius 3 is 2.47 bits per heavy atom. The highest BCUT2D eigenvalue weighted by Gasteiger charge is 2.42. The molecule has 0 aliphatic heterocycles. The minimum Gasteiger partial charge on any atom is -0.298 e. The van der Waals surface area contributed by atoms with Gasteiger partial charge in [0.05, 0.1) is 0 Å². The second kappa shape index (κ2) is 4.78. The first-order valence-electron chi connectivity index (χ1n) is 6.19. The molecule has 0 bridgehead atoms. The maximum atomic E-state index is 13.8. The molecule has 3 rings (SSSR count). The standard InChI is InChI=1S/C16H12ClFO/c17-14-2-1-3-15(18)16(14)13-8-12(13)11-6-4-10(9-19)5-7-11/h1-7,9,12-13H,8H2. The van der Waals surface area contributed by atoms with Gasteiger partial charge in [-0.05, 0) is 36.0 Å². The van der Waals surface area contributed by atoms with Gasteiger partial charge < -0.3 is 0 Å². The van der Waals surface area contributed by atoms with Crippen molar-refractivity contribution in [2.75, 3.05) is 0 Å². The molecule has 0 radical (unpaired) electrons. The molecular formula is C16H12ClFO. The Kier molecular flexibility index (Phi) is 3.11. The quantitative estimate of drug-likeness (QED) is 0.750. The molecule has 1 saturated carbocycles. The molecule has 0 saturated heterocycles. The third-order valence-corrected chi connectivity index (χ3v) is 3.99. The largest absolute Gasteiger partial charge is 0.298 e. The maximum Gasteiger partial charge on any atom is 0.150 e. The van der Waals surface area contributed by atoms with Gasteiger partial charge in [0.25, 0.3) is 0 Å². The van der Waals surface area contributed by atoms with Crippen LogP contribution in [-0.2, 0) is 0 Å². The van der Waals surface area contributed by atoms with Gasteiger partial charge in [-0.25, -0.2) is 4.39 Å². The van der Waals surface area contributed by atoms with Crippen molar-refractivity contribution in [2.45, 2.75) is 18.3 Å². The summed E-state index contributed by atoms with van der Waals surface area (Å²) in [6.07, 6.45) is 1.73. The second-order valence-corrected chi connectivity index (χ2v) is 5.28. The van der Waals surface area contributed by atoms with E-state index >= 15 is 0 Å². The molecule has 1 aliphatic carbocycles. The summed E-state index contributed by atoms with van der Waals surface area (Å²) in [6.45, 7) is 0. The van der Waals surface area contributed by atoms with Crippen molar-refractivity contribution in [1.82, 2.24) is 0 Å². The summed E-state index contributed by atoms with van der Waals surface area (Å²) in [7, 11) is 0. The number of halogens is 2. The first-order chi connectivity index (χ1) is 9.20. The SMILES string of the molecule is O=Cc1ccc(C2CC2c2c(F)cccc2Cl)cc1. The Bertz CT molecular complexity index is 601. The molecular weight excluding hydrogens is 263 g/mol. The first kappa shape index (κ1) is 12.4. The zero-order valence-electron chi connectivity index (χ0n) is 10.1. The van der Waals surface area contributed by atoms with Gasteiger partial charge in [0.15, 0.2) is 0 Å². The van der Waals surface area contributed by atoms with Crippen LogP contribution in [0.2, 0.25) is 5.02 Å². The molecule has 2 aromatic rings. The number of hydrogen-bond donors (Lipinski definition) is 0. The number of rotatable bonds is 3. The fourth-order valence-electron chi connectivity index (χ4n) is 2.57. The van der Waals surface area contributed by atoms with E-state index in [2.05, 4.69) is 0 Å². The molecule has 0 aromatic heterocycles. The van der Waals surface area contributed by atoms with E-state index in [9.17, 15) is 9.18 Å². The van der Waals surface area contributed by atoms with Crippen molar-refractivity contribution in [3.8, 4) is 0 Å². The normalized spacial score (nSPS) is 21.2. The molecule has 3 heteroatoms. The summed E-state index contributed by atoms with van der Waals surface area (Å²) < 4.78 is 13.8. The van der Waals surface area contributed by atoms with Gasteiger partial charge in [0.1, 0.15) is 12.1 Å². The monoisotopic (exact) mass is 274 g/mol. The van der Waals surface area contributed by atoms with E-state index < -0.39 is 0 Å². The van der Waals surface area contributed by atoms with Crippen molar-refractivity contribution in [3.05, 3.63) is 70.0 Å². The van der Waals surface area contributed by atoms with E-state index in [1.807, 2.05) is 12.1 Å². The lowest BCUT2D eigenvalue weighted by Gasteiger charge is -2.05. The highest BCUT2D eigenvalue weighted by atomic mass is 35.5. The third kappa shape index (κ3) is 2.28. The van der Waals surface area contributed by atoms with Gasteiger partial charge in [-0.2, -0.15) is 0 Å². The summed E-state index contributed by atoms with van der Waals surface area (Å²) >= 11 is 6.08. The van der Waals surface area contributed by atoms with Gasteiger partial charge in [0, 0.05) is 16.1 Å². The van der Waals surface area contributed by atoms with Crippen LogP contribution in [0.15, 0.2) is 42.5 Å². The van der Waals surface area contributed by atoms with Crippen LogP contribution in [0.5, 0.6) is 0 Å². The molecule has 1 aliphatic rings. The molecule has 0 amide bonds. The Morgan fingerprint density at radius 2 is 1.84 bits per heavy atom. The van der Waals surface area contributed by atoms with Crippen LogP contribution in [0.1, 0.15) is 39.7 Å². The van der Waals surface area contributed by atoms with E-state index in [1.165, 1.54) is 6.07 Å². The van der Waals surface area contributed by atoms with Crippen LogP contribution in [0, 0.1) is 5.82 Å². The van der Waals surface area contributed by atoms with Crippen LogP contribution < -0.4 is 0 Å². The summed E-state index contributed by atoms with van der Waals surface area (Å²) in [5.74, 6) is 0.218. The summed E-state index contributed by atoms with van der Waals surface area (Å²) in [5, 5.41) is 0.497. The fourth-order valence-corrected chi connectivity index (χ4v) is 2.87. The van der Waals surface area contributed by atoms with E-state index in [0.717, 1.165) is 18.3 Å². The number of aldehydes is 1. The summed E-state index contributed by atoms with van der Waals surface area (Å²) in [4.78, 5) is 10.6. The highest BCUT2D eigenvalue weighted by Crippen LogP contribution is 2.56. The molecule has 0 N–H and O–H groups in total. The van der Waals surface area contributed by atoms with E-state index in [1.54, 1.807) is 24.3 Å². The van der Waals surface area contributed by atoms with Gasteiger partial charge in [-0.15, -0.1) is 0 Å². The lowest BCUT2D eigenvalue weighted by Crippen LogP contribution is -1.91. The molecule has 19 heavy (non-hydrogen) atoms. The fraction of sp³-hybridized carbons (Fsp3) is 0.188. The molecule has 96 valence electrons. The molecule has 0 heterocycles. The van der Waals surface area contributed by atoms with E-state index in [0.29, 0.717) is 22.1 Å². The van der Waals surface area contributed by atoms with Gasteiger partial charge in [-0.1, -0.05) is 41.9 Å². The Morgan fingerprint density at radius 1 is 1.11 bits per heavy atom. The van der Waals surface area contributed by atoms with Gasteiger partial charge in [-0.3, -0.25) is 4.79 Å². The maximum absolute atomic E-state index is 13.8. The Labute approximate surface area is 116 Å². The minimum absolute atomic E-state index is 0.149. The number of carbonyl (C=O) groups is 1. The number of benzene rings is 2. The van der Waals surface area contributed by atoms with Crippen LogP contribution in [0.25, 0.3) is 0 Å². The zero-order chi connectivity index (χ0) is 13.4. The van der Waals surface area contributed by atoms with Gasteiger partial charge >= 0.3 is 0 Å². The summed E-state index contributed by atoms with van der Waals surface area (Å²) in [5.41, 5.74) is 2.41. The Balaban J connectivity index is 1.85. The van der Waals surface area contributed by atoms with Crippen LogP contribution >= 0.6 is 11.6 Å². The smallest absolute Gasteiger partial charge is 0.150 e. The lowest BCUT2D eigenvalue weighted by atomic mass is 10.0. The number of carbonyl (C=O) groups excluding carboxylic acids is 1.